The minimum Gasteiger partial charge on any atom is -0.497 e. The Labute approximate surface area is 160 Å². The molecule has 2 rings (SSSR count). The highest BCUT2D eigenvalue weighted by atomic mass is 35.5. The third-order valence-electron chi connectivity index (χ3n) is 3.95. The first-order valence-corrected chi connectivity index (χ1v) is 9.18. The lowest BCUT2D eigenvalue weighted by Gasteiger charge is -2.14. The summed E-state index contributed by atoms with van der Waals surface area (Å²) in [4.78, 5) is 8.68. The van der Waals surface area contributed by atoms with Crippen molar-refractivity contribution in [1.29, 1.82) is 0 Å². The highest BCUT2D eigenvalue weighted by Crippen LogP contribution is 2.22. The number of rotatable bonds is 8. The van der Waals surface area contributed by atoms with E-state index in [0.717, 1.165) is 42.6 Å². The van der Waals surface area contributed by atoms with Gasteiger partial charge in [-0.3, -0.25) is 4.99 Å². The molecule has 1 aromatic carbocycles. The number of methoxy groups -OCH3 is 1. The molecule has 0 aliphatic carbocycles. The zero-order valence-corrected chi connectivity index (χ0v) is 16.7. The fraction of sp³-hybridized carbons (Fsp3) is 0.474. The molecule has 6 nitrogen and oxygen atoms in total. The quantitative estimate of drug-likeness (QED) is 0.548. The summed E-state index contributed by atoms with van der Waals surface area (Å²) in [6.07, 6.45) is 4.64. The predicted octanol–water partition coefficient (Wildman–Crippen LogP) is 3.11. The summed E-state index contributed by atoms with van der Waals surface area (Å²) in [6.45, 7) is 6.71. The summed E-state index contributed by atoms with van der Waals surface area (Å²) in [5.74, 6) is 3.09. The SMILES string of the molecule is CN=C(NCCc1ccc(OC)cc1Cl)NCc1nccn1CC(C)C. The van der Waals surface area contributed by atoms with Gasteiger partial charge in [0.15, 0.2) is 5.96 Å². The number of nitrogens with one attached hydrogen (secondary N) is 2. The van der Waals surface area contributed by atoms with Crippen LogP contribution in [0.2, 0.25) is 5.02 Å². The summed E-state index contributed by atoms with van der Waals surface area (Å²) in [7, 11) is 3.39. The first-order valence-electron chi connectivity index (χ1n) is 8.80. The number of aliphatic imine (C=N–C) groups is 1. The lowest BCUT2D eigenvalue weighted by atomic mass is 10.1. The van der Waals surface area contributed by atoms with Gasteiger partial charge in [0.25, 0.3) is 0 Å². The first-order chi connectivity index (χ1) is 12.5. The maximum absolute atomic E-state index is 6.28. The van der Waals surface area contributed by atoms with Gasteiger partial charge in [-0.1, -0.05) is 31.5 Å². The summed E-state index contributed by atoms with van der Waals surface area (Å²) < 4.78 is 7.34. The molecule has 2 N–H and O–H groups in total. The molecule has 1 heterocycles. The number of benzene rings is 1. The molecule has 0 amide bonds. The van der Waals surface area contributed by atoms with Crippen molar-refractivity contribution in [2.75, 3.05) is 20.7 Å². The Bertz CT molecular complexity index is 726. The Hall–Kier alpha value is -2.21. The molecular formula is C19H28ClN5O. The first kappa shape index (κ1) is 20.1. The van der Waals surface area contributed by atoms with Crippen molar-refractivity contribution in [3.63, 3.8) is 0 Å². The number of hydrogen-bond donors (Lipinski definition) is 2. The van der Waals surface area contributed by atoms with Gasteiger partial charge in [-0.15, -0.1) is 0 Å². The van der Waals surface area contributed by atoms with Crippen LogP contribution in [0, 0.1) is 5.92 Å². The third-order valence-corrected chi connectivity index (χ3v) is 4.30. The van der Waals surface area contributed by atoms with E-state index < -0.39 is 0 Å². The fourth-order valence-electron chi connectivity index (χ4n) is 2.62. The molecule has 0 aliphatic rings. The van der Waals surface area contributed by atoms with Crippen LogP contribution in [0.4, 0.5) is 0 Å². The largest absolute Gasteiger partial charge is 0.497 e. The van der Waals surface area contributed by atoms with Gasteiger partial charge in [-0.25, -0.2) is 4.98 Å². The van der Waals surface area contributed by atoms with Gasteiger partial charge in [0.05, 0.1) is 13.7 Å². The molecule has 2 aromatic rings. The van der Waals surface area contributed by atoms with Gasteiger partial charge in [-0.2, -0.15) is 0 Å². The van der Waals surface area contributed by atoms with Crippen LogP contribution in [-0.2, 0) is 19.5 Å². The van der Waals surface area contributed by atoms with Gasteiger partial charge in [0, 0.05) is 37.6 Å². The molecule has 142 valence electrons. The van der Waals surface area contributed by atoms with E-state index in [4.69, 9.17) is 16.3 Å². The van der Waals surface area contributed by atoms with Gasteiger partial charge < -0.3 is 19.9 Å². The average Bonchev–Trinajstić information content (AvgIpc) is 3.05. The molecule has 0 bridgehead atoms. The Balaban J connectivity index is 1.82. The maximum Gasteiger partial charge on any atom is 0.191 e. The van der Waals surface area contributed by atoms with E-state index in [9.17, 15) is 0 Å². The van der Waals surface area contributed by atoms with Crippen LogP contribution >= 0.6 is 11.6 Å². The standard InChI is InChI=1S/C19H28ClN5O/c1-14(2)13-25-10-9-22-18(25)12-24-19(21-3)23-8-7-15-5-6-16(26-4)11-17(15)20/h5-6,9-11,14H,7-8,12-13H2,1-4H3,(H2,21,23,24). The Kier molecular flexibility index (Phi) is 7.78. The van der Waals surface area contributed by atoms with Crippen LogP contribution in [0.5, 0.6) is 5.75 Å². The fourth-order valence-corrected chi connectivity index (χ4v) is 2.89. The minimum absolute atomic E-state index is 0.578. The molecule has 0 radical (unpaired) electrons. The van der Waals surface area contributed by atoms with Crippen LogP contribution in [0.15, 0.2) is 35.6 Å². The van der Waals surface area contributed by atoms with Crippen LogP contribution in [0.3, 0.4) is 0 Å². The molecule has 0 fully saturated rings. The molecule has 1 aromatic heterocycles. The van der Waals surface area contributed by atoms with E-state index in [1.54, 1.807) is 14.2 Å². The Morgan fingerprint density at radius 3 is 2.81 bits per heavy atom. The molecule has 0 saturated carbocycles. The Morgan fingerprint density at radius 2 is 2.15 bits per heavy atom. The summed E-state index contributed by atoms with van der Waals surface area (Å²) in [5.41, 5.74) is 1.07. The van der Waals surface area contributed by atoms with Gasteiger partial charge >= 0.3 is 0 Å². The smallest absolute Gasteiger partial charge is 0.191 e. The topological polar surface area (TPSA) is 63.5 Å². The van der Waals surface area contributed by atoms with E-state index >= 15 is 0 Å². The maximum atomic E-state index is 6.28. The van der Waals surface area contributed by atoms with Crippen molar-refractivity contribution in [3.8, 4) is 5.75 Å². The van der Waals surface area contributed by atoms with Crippen molar-refractivity contribution in [2.24, 2.45) is 10.9 Å². The normalized spacial score (nSPS) is 11.7. The number of imidazole rings is 1. The molecule has 26 heavy (non-hydrogen) atoms. The molecule has 7 heteroatoms. The third kappa shape index (κ3) is 5.95. The number of ether oxygens (including phenoxy) is 1. The zero-order chi connectivity index (χ0) is 18.9. The number of halogens is 1. The van der Waals surface area contributed by atoms with Crippen molar-refractivity contribution in [2.45, 2.75) is 33.4 Å². The highest BCUT2D eigenvalue weighted by Gasteiger charge is 2.07. The number of aromatic nitrogens is 2. The molecule has 0 saturated heterocycles. The van der Waals surface area contributed by atoms with Gasteiger partial charge in [0.1, 0.15) is 11.6 Å². The lowest BCUT2D eigenvalue weighted by Crippen LogP contribution is -2.38. The van der Waals surface area contributed by atoms with Crippen molar-refractivity contribution < 1.29 is 4.74 Å². The number of hydrogen-bond acceptors (Lipinski definition) is 3. The molecule has 0 spiro atoms. The lowest BCUT2D eigenvalue weighted by molar-refractivity contribution is 0.414. The van der Waals surface area contributed by atoms with Gasteiger partial charge in [-0.05, 0) is 30.0 Å². The minimum atomic E-state index is 0.578. The second kappa shape index (κ2) is 10.1. The van der Waals surface area contributed by atoms with E-state index in [1.807, 2.05) is 30.6 Å². The summed E-state index contributed by atoms with van der Waals surface area (Å²) in [5, 5.41) is 7.33. The van der Waals surface area contributed by atoms with Crippen molar-refractivity contribution in [3.05, 3.63) is 47.0 Å². The molecule has 0 unspecified atom stereocenters. The predicted molar refractivity (Wildman–Crippen MR) is 107 cm³/mol. The van der Waals surface area contributed by atoms with E-state index in [-0.39, 0.29) is 0 Å². The molecular weight excluding hydrogens is 350 g/mol. The van der Waals surface area contributed by atoms with E-state index in [2.05, 4.69) is 39.0 Å². The zero-order valence-electron chi connectivity index (χ0n) is 15.9. The summed E-state index contributed by atoms with van der Waals surface area (Å²) in [6, 6.07) is 5.74. The van der Waals surface area contributed by atoms with Crippen LogP contribution < -0.4 is 15.4 Å². The Morgan fingerprint density at radius 1 is 1.35 bits per heavy atom. The van der Waals surface area contributed by atoms with Crippen LogP contribution in [-0.4, -0.2) is 36.2 Å². The molecule has 0 atom stereocenters. The van der Waals surface area contributed by atoms with Crippen LogP contribution in [0.25, 0.3) is 0 Å². The average molecular weight is 378 g/mol. The monoisotopic (exact) mass is 377 g/mol. The van der Waals surface area contributed by atoms with Crippen molar-refractivity contribution >= 4 is 17.6 Å². The van der Waals surface area contributed by atoms with E-state index in [0.29, 0.717) is 17.5 Å². The second-order valence-electron chi connectivity index (χ2n) is 6.45. The number of guanidine groups is 1. The molecule has 0 aliphatic heterocycles. The summed E-state index contributed by atoms with van der Waals surface area (Å²) >= 11 is 6.28. The van der Waals surface area contributed by atoms with Crippen LogP contribution in [0.1, 0.15) is 25.2 Å². The number of nitrogens with zero attached hydrogens (tertiary/aromatic N) is 3. The highest BCUT2D eigenvalue weighted by molar-refractivity contribution is 6.31. The van der Waals surface area contributed by atoms with Gasteiger partial charge in [0.2, 0.25) is 0 Å². The van der Waals surface area contributed by atoms with Crippen molar-refractivity contribution in [1.82, 2.24) is 20.2 Å². The van der Waals surface area contributed by atoms with E-state index in [1.165, 1.54) is 0 Å². The second-order valence-corrected chi connectivity index (χ2v) is 6.86.